The molecule has 0 spiro atoms. The molecular weight excluding hydrogens is 472 g/mol. The molecule has 0 fully saturated rings. The SMILES string of the molecule is CC=CC(CCCCCCCCCCCCCC)C(C)OCCCCCCCCCCCCCCCCCC. The second-order valence-electron chi connectivity index (χ2n) is 12.7. The summed E-state index contributed by atoms with van der Waals surface area (Å²) in [4.78, 5) is 0. The first-order valence-electron chi connectivity index (χ1n) is 18.5. The van der Waals surface area contributed by atoms with E-state index in [1.54, 1.807) is 0 Å². The molecule has 0 aromatic heterocycles. The van der Waals surface area contributed by atoms with Crippen LogP contribution in [0.15, 0.2) is 12.2 Å². The van der Waals surface area contributed by atoms with Crippen molar-refractivity contribution >= 4 is 0 Å². The zero-order valence-corrected chi connectivity index (χ0v) is 27.9. The molecule has 1 nitrogen and oxygen atoms in total. The second kappa shape index (κ2) is 33.9. The van der Waals surface area contributed by atoms with Gasteiger partial charge >= 0.3 is 0 Å². The Morgan fingerprint density at radius 1 is 0.436 bits per heavy atom. The summed E-state index contributed by atoms with van der Waals surface area (Å²) in [6.45, 7) is 10.0. The van der Waals surface area contributed by atoms with Gasteiger partial charge in [0.25, 0.3) is 0 Å². The number of hydrogen-bond acceptors (Lipinski definition) is 1. The van der Waals surface area contributed by atoms with Crippen molar-refractivity contribution in [1.82, 2.24) is 0 Å². The molecule has 0 aromatic carbocycles. The first-order chi connectivity index (χ1) is 19.3. The Labute approximate surface area is 249 Å². The molecule has 0 radical (unpaired) electrons. The summed E-state index contributed by atoms with van der Waals surface area (Å²) in [6, 6.07) is 0. The number of unbranched alkanes of at least 4 members (excludes halogenated alkanes) is 26. The predicted molar refractivity (Wildman–Crippen MR) is 179 cm³/mol. The maximum absolute atomic E-state index is 6.28. The van der Waals surface area contributed by atoms with Crippen LogP contribution in [0, 0.1) is 5.92 Å². The highest BCUT2D eigenvalue weighted by atomic mass is 16.5. The van der Waals surface area contributed by atoms with E-state index in [9.17, 15) is 0 Å². The third kappa shape index (κ3) is 30.5. The van der Waals surface area contributed by atoms with E-state index in [2.05, 4.69) is 39.8 Å². The highest BCUT2D eigenvalue weighted by Gasteiger charge is 2.14. The molecule has 2 atom stereocenters. The Bertz CT molecular complexity index is 456. The zero-order chi connectivity index (χ0) is 28.5. The maximum atomic E-state index is 6.28. The van der Waals surface area contributed by atoms with Gasteiger partial charge in [-0.2, -0.15) is 0 Å². The molecular formula is C38H76O. The third-order valence-corrected chi connectivity index (χ3v) is 8.81. The first kappa shape index (κ1) is 38.7. The molecule has 0 heterocycles. The molecule has 1 heteroatoms. The standard InChI is InChI=1S/C38H76O/c1-5-8-10-12-14-16-18-20-21-22-23-25-27-29-31-33-36-39-37(4)38(34-7-3)35-32-30-28-26-24-19-17-15-13-11-9-6-2/h7,34,37-38H,5-6,8-33,35-36H2,1-4H3. The highest BCUT2D eigenvalue weighted by Crippen LogP contribution is 2.20. The zero-order valence-electron chi connectivity index (χ0n) is 27.9. The molecule has 234 valence electrons. The fourth-order valence-corrected chi connectivity index (χ4v) is 6.00. The van der Waals surface area contributed by atoms with Crippen LogP contribution in [-0.4, -0.2) is 12.7 Å². The molecule has 0 saturated heterocycles. The van der Waals surface area contributed by atoms with E-state index in [0.29, 0.717) is 12.0 Å². The van der Waals surface area contributed by atoms with Gasteiger partial charge in [-0.3, -0.25) is 0 Å². The average molecular weight is 549 g/mol. The summed E-state index contributed by atoms with van der Waals surface area (Å²) in [5.41, 5.74) is 0. The van der Waals surface area contributed by atoms with Crippen molar-refractivity contribution in [2.75, 3.05) is 6.61 Å². The lowest BCUT2D eigenvalue weighted by atomic mass is 9.95. The van der Waals surface area contributed by atoms with Gasteiger partial charge in [-0.25, -0.2) is 0 Å². The van der Waals surface area contributed by atoms with Gasteiger partial charge < -0.3 is 4.74 Å². The van der Waals surface area contributed by atoms with Crippen LogP contribution in [0.2, 0.25) is 0 Å². The van der Waals surface area contributed by atoms with Crippen LogP contribution in [-0.2, 0) is 4.74 Å². The summed E-state index contributed by atoms with van der Waals surface area (Å²) in [7, 11) is 0. The van der Waals surface area contributed by atoms with E-state index in [1.807, 2.05) is 0 Å². The number of allylic oxidation sites excluding steroid dienone is 1. The summed E-state index contributed by atoms with van der Waals surface area (Å²) < 4.78 is 6.28. The first-order valence-corrected chi connectivity index (χ1v) is 18.5. The number of hydrogen-bond donors (Lipinski definition) is 0. The average Bonchev–Trinajstić information content (AvgIpc) is 2.94. The van der Waals surface area contributed by atoms with Crippen LogP contribution in [0.1, 0.15) is 214 Å². The van der Waals surface area contributed by atoms with Gasteiger partial charge in [-0.15, -0.1) is 0 Å². The molecule has 2 unspecified atom stereocenters. The van der Waals surface area contributed by atoms with Crippen LogP contribution in [0.3, 0.4) is 0 Å². The van der Waals surface area contributed by atoms with Crippen molar-refractivity contribution in [1.29, 1.82) is 0 Å². The van der Waals surface area contributed by atoms with Crippen LogP contribution >= 0.6 is 0 Å². The fourth-order valence-electron chi connectivity index (χ4n) is 6.00. The minimum absolute atomic E-state index is 0.366. The Kier molecular flexibility index (Phi) is 33.6. The molecule has 39 heavy (non-hydrogen) atoms. The van der Waals surface area contributed by atoms with Crippen molar-refractivity contribution in [2.45, 2.75) is 220 Å². The Morgan fingerprint density at radius 3 is 1.08 bits per heavy atom. The van der Waals surface area contributed by atoms with E-state index in [4.69, 9.17) is 4.74 Å². The predicted octanol–water partition coefficient (Wildman–Crippen LogP) is 13.9. The van der Waals surface area contributed by atoms with Crippen LogP contribution in [0.25, 0.3) is 0 Å². The van der Waals surface area contributed by atoms with Crippen molar-refractivity contribution in [3.63, 3.8) is 0 Å². The molecule has 0 bridgehead atoms. The van der Waals surface area contributed by atoms with Crippen molar-refractivity contribution < 1.29 is 4.74 Å². The normalized spacial score (nSPS) is 13.4. The van der Waals surface area contributed by atoms with Gasteiger partial charge in [0.15, 0.2) is 0 Å². The van der Waals surface area contributed by atoms with E-state index >= 15 is 0 Å². The fraction of sp³-hybridized carbons (Fsp3) is 0.947. The van der Waals surface area contributed by atoms with Gasteiger partial charge in [0, 0.05) is 12.5 Å². The quantitative estimate of drug-likeness (QED) is 0.0585. The molecule has 0 amide bonds. The van der Waals surface area contributed by atoms with Crippen LogP contribution < -0.4 is 0 Å². The monoisotopic (exact) mass is 549 g/mol. The smallest absolute Gasteiger partial charge is 0.0609 e. The molecule has 0 rings (SSSR count). The van der Waals surface area contributed by atoms with Crippen LogP contribution in [0.5, 0.6) is 0 Å². The Hall–Kier alpha value is -0.300. The second-order valence-corrected chi connectivity index (χ2v) is 12.7. The van der Waals surface area contributed by atoms with Gasteiger partial charge in [0.2, 0.25) is 0 Å². The molecule has 0 aromatic rings. The lowest BCUT2D eigenvalue weighted by Crippen LogP contribution is -2.20. The van der Waals surface area contributed by atoms with Gasteiger partial charge in [-0.05, 0) is 26.7 Å². The van der Waals surface area contributed by atoms with E-state index in [1.165, 1.54) is 186 Å². The summed E-state index contributed by atoms with van der Waals surface area (Å²) >= 11 is 0. The van der Waals surface area contributed by atoms with Crippen molar-refractivity contribution in [3.05, 3.63) is 12.2 Å². The Balaban J connectivity index is 3.50. The minimum atomic E-state index is 0.366. The highest BCUT2D eigenvalue weighted by molar-refractivity contribution is 4.89. The largest absolute Gasteiger partial charge is 0.378 e. The van der Waals surface area contributed by atoms with Gasteiger partial charge in [-0.1, -0.05) is 199 Å². The lowest BCUT2D eigenvalue weighted by Gasteiger charge is -2.21. The molecule has 0 aliphatic carbocycles. The van der Waals surface area contributed by atoms with E-state index in [-0.39, 0.29) is 0 Å². The topological polar surface area (TPSA) is 9.23 Å². The minimum Gasteiger partial charge on any atom is -0.378 e. The van der Waals surface area contributed by atoms with Crippen LogP contribution in [0.4, 0.5) is 0 Å². The molecule has 0 aliphatic rings. The third-order valence-electron chi connectivity index (χ3n) is 8.81. The van der Waals surface area contributed by atoms with Crippen molar-refractivity contribution in [2.24, 2.45) is 5.92 Å². The Morgan fingerprint density at radius 2 is 0.744 bits per heavy atom. The molecule has 0 saturated carbocycles. The lowest BCUT2D eigenvalue weighted by molar-refractivity contribution is 0.0330. The van der Waals surface area contributed by atoms with Crippen molar-refractivity contribution in [3.8, 4) is 0 Å². The number of ether oxygens (including phenoxy) is 1. The van der Waals surface area contributed by atoms with E-state index in [0.717, 1.165) is 6.61 Å². The van der Waals surface area contributed by atoms with Gasteiger partial charge in [0.1, 0.15) is 0 Å². The van der Waals surface area contributed by atoms with E-state index < -0.39 is 0 Å². The van der Waals surface area contributed by atoms with Gasteiger partial charge in [0.05, 0.1) is 6.10 Å². The molecule has 0 aliphatic heterocycles. The summed E-state index contributed by atoms with van der Waals surface area (Å²) in [5, 5.41) is 0. The number of rotatable bonds is 33. The summed E-state index contributed by atoms with van der Waals surface area (Å²) in [6.07, 6.45) is 46.3. The molecule has 0 N–H and O–H groups in total. The summed E-state index contributed by atoms with van der Waals surface area (Å²) in [5.74, 6) is 0.596. The maximum Gasteiger partial charge on any atom is 0.0609 e.